The van der Waals surface area contributed by atoms with Gasteiger partial charge in [-0.1, -0.05) is 13.0 Å². The molecule has 2 rings (SSSR count). The van der Waals surface area contributed by atoms with Crippen LogP contribution in [0.4, 0.5) is 5.69 Å². The topological polar surface area (TPSA) is 30.5 Å². The number of anilines is 1. The number of methoxy groups -OCH3 is 1. The van der Waals surface area contributed by atoms with Crippen molar-refractivity contribution in [3.63, 3.8) is 0 Å². The van der Waals surface area contributed by atoms with Crippen molar-refractivity contribution >= 4 is 61.6 Å². The first-order valence-corrected chi connectivity index (χ1v) is 9.78. The number of hydrogen-bond donors (Lipinski definition) is 1. The van der Waals surface area contributed by atoms with Gasteiger partial charge in [0.2, 0.25) is 0 Å². The second-order valence-electron chi connectivity index (χ2n) is 5.23. The summed E-state index contributed by atoms with van der Waals surface area (Å²) in [7, 11) is 1.55. The molecule has 0 saturated carbocycles. The summed E-state index contributed by atoms with van der Waals surface area (Å²) < 4.78 is 13.2. The van der Waals surface area contributed by atoms with Crippen LogP contribution in [0, 0.1) is 10.5 Å². The molecule has 2 aromatic carbocycles. The normalized spacial score (nSPS) is 10.4. The van der Waals surface area contributed by atoms with Gasteiger partial charge in [0, 0.05) is 14.8 Å². The molecule has 0 fully saturated rings. The molecule has 2 aromatic rings. The van der Waals surface area contributed by atoms with Crippen LogP contribution in [0.15, 0.2) is 34.8 Å². The lowest BCUT2D eigenvalue weighted by molar-refractivity contribution is 0.303. The molecule has 0 aliphatic carbocycles. The summed E-state index contributed by atoms with van der Waals surface area (Å²) in [5.41, 5.74) is 4.49. The van der Waals surface area contributed by atoms with E-state index in [0.717, 1.165) is 31.5 Å². The average Bonchev–Trinajstić information content (AvgIpc) is 2.56. The largest absolute Gasteiger partial charge is 0.488 e. The molecular formula is C18H19BrINO2S. The van der Waals surface area contributed by atoms with Crippen molar-refractivity contribution in [1.82, 2.24) is 0 Å². The highest BCUT2D eigenvalue weighted by Gasteiger charge is 2.11. The quantitative estimate of drug-likeness (QED) is 0.396. The van der Waals surface area contributed by atoms with Crippen LogP contribution in [-0.2, 0) is 17.8 Å². The van der Waals surface area contributed by atoms with Gasteiger partial charge in [0.1, 0.15) is 12.4 Å². The minimum atomic E-state index is 0.336. The Morgan fingerprint density at radius 1 is 1.33 bits per heavy atom. The van der Waals surface area contributed by atoms with E-state index >= 15 is 0 Å². The number of hydrogen-bond acceptors (Lipinski definition) is 3. The lowest BCUT2D eigenvalue weighted by atomic mass is 10.1. The maximum absolute atomic E-state index is 6.06. The molecule has 128 valence electrons. The van der Waals surface area contributed by atoms with Crippen LogP contribution in [0.5, 0.6) is 5.75 Å². The Balaban J connectivity index is 2.23. The lowest BCUT2D eigenvalue weighted by Gasteiger charge is -2.16. The summed E-state index contributed by atoms with van der Waals surface area (Å²) in [5, 5.41) is 3.43. The second-order valence-corrected chi connectivity index (χ2v) is 7.62. The van der Waals surface area contributed by atoms with Crippen molar-refractivity contribution in [2.75, 3.05) is 12.4 Å². The number of halogens is 2. The molecule has 0 unspecified atom stereocenters. The number of nitrogens with one attached hydrogen (secondary N) is 1. The third kappa shape index (κ3) is 4.83. The third-order valence-electron chi connectivity index (χ3n) is 3.68. The highest BCUT2D eigenvalue weighted by molar-refractivity contribution is 14.1. The Hall–Kier alpha value is -0.860. The molecule has 0 aliphatic rings. The van der Waals surface area contributed by atoms with Crippen LogP contribution in [-0.4, -0.2) is 12.3 Å². The van der Waals surface area contributed by atoms with Gasteiger partial charge < -0.3 is 14.8 Å². The summed E-state index contributed by atoms with van der Waals surface area (Å²) in [6.07, 6.45) is 1.00. The second kappa shape index (κ2) is 9.01. The Morgan fingerprint density at radius 2 is 2.08 bits per heavy atom. The zero-order valence-electron chi connectivity index (χ0n) is 13.8. The van der Waals surface area contributed by atoms with Gasteiger partial charge in [0.25, 0.3) is 5.17 Å². The first-order valence-electron chi connectivity index (χ1n) is 7.50. The Labute approximate surface area is 170 Å². The predicted molar refractivity (Wildman–Crippen MR) is 115 cm³/mol. The highest BCUT2D eigenvalue weighted by atomic mass is 127. The van der Waals surface area contributed by atoms with E-state index in [0.29, 0.717) is 11.8 Å². The van der Waals surface area contributed by atoms with E-state index in [4.69, 9.17) is 21.7 Å². The Bertz CT molecular complexity index is 752. The van der Waals surface area contributed by atoms with Crippen LogP contribution in [0.25, 0.3) is 0 Å². The number of benzene rings is 2. The summed E-state index contributed by atoms with van der Waals surface area (Å²) in [4.78, 5) is 0. The van der Waals surface area contributed by atoms with Crippen molar-refractivity contribution in [3.8, 4) is 5.75 Å². The Morgan fingerprint density at radius 3 is 2.75 bits per heavy atom. The number of aryl methyl sites for hydroxylation is 2. The number of thiocarbonyl (C=S) groups is 1. The molecule has 0 atom stereocenters. The van der Waals surface area contributed by atoms with Gasteiger partial charge in [-0.2, -0.15) is 0 Å². The average molecular weight is 520 g/mol. The van der Waals surface area contributed by atoms with E-state index in [2.05, 4.69) is 69.8 Å². The molecule has 0 spiro atoms. The van der Waals surface area contributed by atoms with Crippen molar-refractivity contribution in [1.29, 1.82) is 0 Å². The zero-order valence-corrected chi connectivity index (χ0v) is 18.3. The molecule has 0 bridgehead atoms. The minimum Gasteiger partial charge on any atom is -0.488 e. The summed E-state index contributed by atoms with van der Waals surface area (Å²) in [5.74, 6) is 0.838. The SMILES string of the molecule is CCc1cc(Br)c(OCc2c(I)cccc2NC(=S)OC)cc1C. The van der Waals surface area contributed by atoms with Crippen LogP contribution >= 0.6 is 50.7 Å². The molecular weight excluding hydrogens is 501 g/mol. The molecule has 24 heavy (non-hydrogen) atoms. The van der Waals surface area contributed by atoms with Crippen molar-refractivity contribution in [2.45, 2.75) is 26.9 Å². The maximum Gasteiger partial charge on any atom is 0.260 e. The van der Waals surface area contributed by atoms with Gasteiger partial charge in [-0.15, -0.1) is 0 Å². The number of ether oxygens (including phenoxy) is 2. The van der Waals surface area contributed by atoms with E-state index in [-0.39, 0.29) is 0 Å². The molecule has 0 heterocycles. The smallest absolute Gasteiger partial charge is 0.260 e. The predicted octanol–water partition coefficient (Wildman–Crippen LogP) is 5.85. The van der Waals surface area contributed by atoms with E-state index in [1.807, 2.05) is 18.2 Å². The monoisotopic (exact) mass is 519 g/mol. The maximum atomic E-state index is 6.06. The van der Waals surface area contributed by atoms with E-state index in [1.165, 1.54) is 11.1 Å². The minimum absolute atomic E-state index is 0.336. The van der Waals surface area contributed by atoms with E-state index in [1.54, 1.807) is 7.11 Å². The standard InChI is InChI=1S/C18H19BrINO2S/c1-4-12-9-14(19)17(8-11(12)2)23-10-13-15(20)6-5-7-16(13)21-18(24)22-3/h5-9H,4,10H2,1-3H3,(H,21,24). The molecule has 0 aromatic heterocycles. The van der Waals surface area contributed by atoms with Gasteiger partial charge in [-0.25, -0.2) is 0 Å². The van der Waals surface area contributed by atoms with Crippen LogP contribution < -0.4 is 10.1 Å². The van der Waals surface area contributed by atoms with E-state index < -0.39 is 0 Å². The molecule has 1 N–H and O–H groups in total. The van der Waals surface area contributed by atoms with Crippen LogP contribution in [0.1, 0.15) is 23.6 Å². The van der Waals surface area contributed by atoms with Crippen LogP contribution in [0.3, 0.4) is 0 Å². The fraction of sp³-hybridized carbons (Fsp3) is 0.278. The first-order chi connectivity index (χ1) is 11.5. The fourth-order valence-electron chi connectivity index (χ4n) is 2.32. The fourth-order valence-corrected chi connectivity index (χ4v) is 3.59. The van der Waals surface area contributed by atoms with Crippen molar-refractivity contribution in [3.05, 3.63) is 55.1 Å². The zero-order chi connectivity index (χ0) is 17.7. The third-order valence-corrected chi connectivity index (χ3v) is 5.58. The molecule has 0 radical (unpaired) electrons. The molecule has 0 saturated heterocycles. The first kappa shape index (κ1) is 19.5. The Kier molecular flexibility index (Phi) is 7.31. The van der Waals surface area contributed by atoms with Gasteiger partial charge in [-0.05, 0) is 99.5 Å². The highest BCUT2D eigenvalue weighted by Crippen LogP contribution is 2.31. The van der Waals surface area contributed by atoms with Gasteiger partial charge in [0.05, 0.1) is 11.6 Å². The molecule has 0 aliphatic heterocycles. The van der Waals surface area contributed by atoms with E-state index in [9.17, 15) is 0 Å². The van der Waals surface area contributed by atoms with Gasteiger partial charge >= 0.3 is 0 Å². The van der Waals surface area contributed by atoms with Gasteiger partial charge in [-0.3, -0.25) is 0 Å². The molecule has 6 heteroatoms. The van der Waals surface area contributed by atoms with Gasteiger partial charge in [0.15, 0.2) is 0 Å². The summed E-state index contributed by atoms with van der Waals surface area (Å²) in [6, 6.07) is 10.2. The lowest BCUT2D eigenvalue weighted by Crippen LogP contribution is -2.13. The molecule has 3 nitrogen and oxygen atoms in total. The molecule has 0 amide bonds. The summed E-state index contributed by atoms with van der Waals surface area (Å²) >= 11 is 11.0. The van der Waals surface area contributed by atoms with Crippen molar-refractivity contribution in [2.24, 2.45) is 0 Å². The number of rotatable bonds is 5. The summed E-state index contributed by atoms with van der Waals surface area (Å²) in [6.45, 7) is 4.70. The van der Waals surface area contributed by atoms with Crippen LogP contribution in [0.2, 0.25) is 0 Å². The van der Waals surface area contributed by atoms with Crippen molar-refractivity contribution < 1.29 is 9.47 Å².